The molecule has 0 aromatic heterocycles. The molecule has 5 heteroatoms. The summed E-state index contributed by atoms with van der Waals surface area (Å²) in [4.78, 5) is 0. The molecule has 11 heavy (non-hydrogen) atoms. The largest absolute Gasteiger partial charge is 0.391 e. The van der Waals surface area contributed by atoms with Gasteiger partial charge in [-0.3, -0.25) is 0 Å². The van der Waals surface area contributed by atoms with Crippen LogP contribution in [0.5, 0.6) is 0 Å². The summed E-state index contributed by atoms with van der Waals surface area (Å²) in [6.07, 6.45) is -6.68. The van der Waals surface area contributed by atoms with Crippen molar-refractivity contribution in [1.82, 2.24) is 0 Å². The molecule has 0 heterocycles. The minimum Gasteiger partial charge on any atom is -0.391 e. The third kappa shape index (κ3) is 5.03. The molecule has 0 aliphatic heterocycles. The van der Waals surface area contributed by atoms with Crippen molar-refractivity contribution in [3.8, 4) is 0 Å². The molecule has 0 amide bonds. The Balaban J connectivity index is 3.77. The van der Waals surface area contributed by atoms with Crippen LogP contribution in [0.15, 0.2) is 0 Å². The van der Waals surface area contributed by atoms with Crippen LogP contribution in [0.1, 0.15) is 19.8 Å². The average molecular weight is 171 g/mol. The van der Waals surface area contributed by atoms with Crippen LogP contribution in [0, 0.1) is 0 Å². The number of hydrogen-bond acceptors (Lipinski definition) is 2. The van der Waals surface area contributed by atoms with Gasteiger partial charge in [-0.15, -0.1) is 0 Å². The summed E-state index contributed by atoms with van der Waals surface area (Å²) in [5, 5.41) is 8.81. The minimum atomic E-state index is -4.33. The Morgan fingerprint density at radius 1 is 1.45 bits per heavy atom. The monoisotopic (exact) mass is 171 g/mol. The summed E-state index contributed by atoms with van der Waals surface area (Å²) in [6, 6.07) is -0.781. The van der Waals surface area contributed by atoms with Crippen molar-refractivity contribution in [1.29, 1.82) is 0 Å². The number of rotatable bonds is 3. The normalized spacial score (nSPS) is 18.0. The van der Waals surface area contributed by atoms with Gasteiger partial charge in [0.15, 0.2) is 0 Å². The molecule has 0 aromatic rings. The molecule has 0 saturated carbocycles. The van der Waals surface area contributed by atoms with Crippen molar-refractivity contribution < 1.29 is 18.3 Å². The van der Waals surface area contributed by atoms with Gasteiger partial charge in [-0.05, 0) is 6.42 Å². The molecule has 0 aliphatic rings. The molecular formula is C6H12F3NO. The topological polar surface area (TPSA) is 46.2 Å². The molecule has 0 aromatic carbocycles. The molecule has 68 valence electrons. The fraction of sp³-hybridized carbons (Fsp3) is 1.00. The van der Waals surface area contributed by atoms with Crippen molar-refractivity contribution in [3.63, 3.8) is 0 Å². The lowest BCUT2D eigenvalue weighted by Crippen LogP contribution is -2.37. The molecule has 0 radical (unpaired) electrons. The third-order valence-electron chi connectivity index (χ3n) is 1.41. The van der Waals surface area contributed by atoms with Gasteiger partial charge in [0, 0.05) is 6.04 Å². The van der Waals surface area contributed by atoms with Crippen LogP contribution in [0.2, 0.25) is 0 Å². The maximum Gasteiger partial charge on any atom is 0.391 e. The summed E-state index contributed by atoms with van der Waals surface area (Å²) in [5.74, 6) is 0. The average Bonchev–Trinajstić information content (AvgIpc) is 1.82. The van der Waals surface area contributed by atoms with Gasteiger partial charge in [0.05, 0.1) is 12.5 Å². The van der Waals surface area contributed by atoms with Crippen LogP contribution in [-0.4, -0.2) is 23.4 Å². The smallest absolute Gasteiger partial charge is 0.391 e. The zero-order valence-electron chi connectivity index (χ0n) is 6.23. The van der Waals surface area contributed by atoms with Crippen LogP contribution in [0.4, 0.5) is 13.2 Å². The number of aliphatic hydroxyl groups is 1. The van der Waals surface area contributed by atoms with Gasteiger partial charge < -0.3 is 10.8 Å². The number of nitrogens with two attached hydrogens (primary N) is 1. The number of aliphatic hydroxyl groups excluding tert-OH is 1. The van der Waals surface area contributed by atoms with Gasteiger partial charge in [-0.25, -0.2) is 0 Å². The lowest BCUT2D eigenvalue weighted by Gasteiger charge is -2.18. The Kier molecular flexibility index (Phi) is 3.82. The molecular weight excluding hydrogens is 159 g/mol. The Morgan fingerprint density at radius 2 is 1.91 bits per heavy atom. The molecule has 0 fully saturated rings. The highest BCUT2D eigenvalue weighted by Gasteiger charge is 2.32. The lowest BCUT2D eigenvalue weighted by atomic mass is 10.1. The molecule has 2 nitrogen and oxygen atoms in total. The number of hydrogen-bond donors (Lipinski definition) is 2. The van der Waals surface area contributed by atoms with E-state index in [2.05, 4.69) is 0 Å². The zero-order chi connectivity index (χ0) is 9.07. The van der Waals surface area contributed by atoms with Crippen LogP contribution in [0.25, 0.3) is 0 Å². The second-order valence-corrected chi connectivity index (χ2v) is 2.46. The van der Waals surface area contributed by atoms with Crippen molar-refractivity contribution in [2.75, 3.05) is 0 Å². The quantitative estimate of drug-likeness (QED) is 0.666. The van der Waals surface area contributed by atoms with Crippen LogP contribution in [-0.2, 0) is 0 Å². The van der Waals surface area contributed by atoms with E-state index < -0.39 is 24.7 Å². The second-order valence-electron chi connectivity index (χ2n) is 2.46. The standard InChI is InChI=1S/C6H12F3NO/c1-2-4(10)5(11)3-6(7,8)9/h4-5,11H,2-3,10H2,1H3. The first kappa shape index (κ1) is 10.7. The third-order valence-corrected chi connectivity index (χ3v) is 1.41. The number of halogens is 3. The van der Waals surface area contributed by atoms with Gasteiger partial charge in [0.1, 0.15) is 0 Å². The fourth-order valence-electron chi connectivity index (χ4n) is 0.661. The van der Waals surface area contributed by atoms with Crippen molar-refractivity contribution in [2.24, 2.45) is 5.73 Å². The van der Waals surface area contributed by atoms with Gasteiger partial charge in [-0.1, -0.05) is 6.92 Å². The second kappa shape index (κ2) is 3.92. The molecule has 0 saturated heterocycles. The van der Waals surface area contributed by atoms with Gasteiger partial charge >= 0.3 is 6.18 Å². The minimum absolute atomic E-state index is 0.344. The first-order chi connectivity index (χ1) is 4.87. The predicted molar refractivity (Wildman–Crippen MR) is 34.9 cm³/mol. The first-order valence-electron chi connectivity index (χ1n) is 3.37. The summed E-state index contributed by atoms with van der Waals surface area (Å²) in [7, 11) is 0. The van der Waals surface area contributed by atoms with E-state index in [4.69, 9.17) is 10.8 Å². The highest BCUT2D eigenvalue weighted by molar-refractivity contribution is 4.72. The Bertz CT molecular complexity index is 115. The first-order valence-corrected chi connectivity index (χ1v) is 3.37. The summed E-state index contributed by atoms with van der Waals surface area (Å²) in [5.41, 5.74) is 5.17. The van der Waals surface area contributed by atoms with Crippen LogP contribution >= 0.6 is 0 Å². The van der Waals surface area contributed by atoms with Gasteiger partial charge in [-0.2, -0.15) is 13.2 Å². The Hall–Kier alpha value is -0.290. The summed E-state index contributed by atoms with van der Waals surface area (Å²) >= 11 is 0. The molecule has 0 spiro atoms. The van der Waals surface area contributed by atoms with Gasteiger partial charge in [0.2, 0.25) is 0 Å². The zero-order valence-corrected chi connectivity index (χ0v) is 6.23. The highest BCUT2D eigenvalue weighted by atomic mass is 19.4. The van der Waals surface area contributed by atoms with E-state index in [-0.39, 0.29) is 0 Å². The van der Waals surface area contributed by atoms with Crippen molar-refractivity contribution >= 4 is 0 Å². The van der Waals surface area contributed by atoms with E-state index in [1.807, 2.05) is 0 Å². The van der Waals surface area contributed by atoms with Crippen LogP contribution in [0.3, 0.4) is 0 Å². The van der Waals surface area contributed by atoms with E-state index >= 15 is 0 Å². The predicted octanol–water partition coefficient (Wildman–Crippen LogP) is 1.04. The highest BCUT2D eigenvalue weighted by Crippen LogP contribution is 2.22. The van der Waals surface area contributed by atoms with E-state index in [1.165, 1.54) is 0 Å². The maximum atomic E-state index is 11.6. The lowest BCUT2D eigenvalue weighted by molar-refractivity contribution is -0.155. The molecule has 0 rings (SSSR count). The van der Waals surface area contributed by atoms with Gasteiger partial charge in [0.25, 0.3) is 0 Å². The Labute approximate surface area is 63.2 Å². The number of alkyl halides is 3. The maximum absolute atomic E-state index is 11.6. The van der Waals surface area contributed by atoms with Crippen LogP contribution < -0.4 is 5.73 Å². The SMILES string of the molecule is CCC(N)C(O)CC(F)(F)F. The van der Waals surface area contributed by atoms with E-state index in [0.717, 1.165) is 0 Å². The van der Waals surface area contributed by atoms with Crippen molar-refractivity contribution in [3.05, 3.63) is 0 Å². The van der Waals surface area contributed by atoms with E-state index in [9.17, 15) is 13.2 Å². The van der Waals surface area contributed by atoms with Crippen molar-refractivity contribution in [2.45, 2.75) is 38.1 Å². The molecule has 0 bridgehead atoms. The summed E-state index contributed by atoms with van der Waals surface area (Å²) in [6.45, 7) is 1.63. The summed E-state index contributed by atoms with van der Waals surface area (Å²) < 4.78 is 34.8. The fourth-order valence-corrected chi connectivity index (χ4v) is 0.661. The molecule has 2 unspecified atom stereocenters. The molecule has 0 aliphatic carbocycles. The molecule has 2 atom stereocenters. The van der Waals surface area contributed by atoms with E-state index in [0.29, 0.717) is 6.42 Å². The molecule has 3 N–H and O–H groups in total. The van der Waals surface area contributed by atoms with E-state index in [1.54, 1.807) is 6.92 Å². The Morgan fingerprint density at radius 3 is 2.18 bits per heavy atom.